The minimum Gasteiger partial charge on any atom is -0.398 e. The average Bonchev–Trinajstić information content (AvgIpc) is 2.41. The molecule has 0 saturated heterocycles. The lowest BCUT2D eigenvalue weighted by molar-refractivity contribution is 0.523. The highest BCUT2D eigenvalue weighted by atomic mass is 32.2. The Labute approximate surface area is 124 Å². The number of rotatable bonds is 6. The number of nitrogens with one attached hydrogen (secondary N) is 1. The SMILES string of the molecule is Nc1ccccc1SCCS(=O)(=O)NC1CC=CCC1. The van der Waals surface area contributed by atoms with E-state index < -0.39 is 10.0 Å². The topological polar surface area (TPSA) is 72.2 Å². The zero-order valence-corrected chi connectivity index (χ0v) is 12.9. The smallest absolute Gasteiger partial charge is 0.212 e. The van der Waals surface area contributed by atoms with E-state index in [0.29, 0.717) is 11.4 Å². The van der Waals surface area contributed by atoms with Gasteiger partial charge in [-0.3, -0.25) is 0 Å². The lowest BCUT2D eigenvalue weighted by Gasteiger charge is -2.19. The van der Waals surface area contributed by atoms with E-state index in [-0.39, 0.29) is 11.8 Å². The van der Waals surface area contributed by atoms with Crippen molar-refractivity contribution < 1.29 is 8.42 Å². The van der Waals surface area contributed by atoms with Crippen molar-refractivity contribution in [3.05, 3.63) is 36.4 Å². The van der Waals surface area contributed by atoms with Gasteiger partial charge in [0.2, 0.25) is 10.0 Å². The van der Waals surface area contributed by atoms with Crippen LogP contribution >= 0.6 is 11.8 Å². The van der Waals surface area contributed by atoms with Crippen molar-refractivity contribution in [2.24, 2.45) is 0 Å². The Morgan fingerprint density at radius 1 is 1.30 bits per heavy atom. The number of benzene rings is 1. The fourth-order valence-corrected chi connectivity index (χ4v) is 4.77. The summed E-state index contributed by atoms with van der Waals surface area (Å²) in [6, 6.07) is 7.56. The summed E-state index contributed by atoms with van der Waals surface area (Å²) in [4.78, 5) is 0.934. The highest BCUT2D eigenvalue weighted by Crippen LogP contribution is 2.24. The highest BCUT2D eigenvalue weighted by molar-refractivity contribution is 8.00. The van der Waals surface area contributed by atoms with E-state index in [0.717, 1.165) is 24.2 Å². The molecule has 1 atom stereocenters. The molecule has 20 heavy (non-hydrogen) atoms. The number of nitrogen functional groups attached to an aromatic ring is 1. The molecule has 0 aromatic heterocycles. The third-order valence-corrected chi connectivity index (χ3v) is 5.93. The van der Waals surface area contributed by atoms with Gasteiger partial charge in [-0.05, 0) is 31.4 Å². The summed E-state index contributed by atoms with van der Waals surface area (Å²) >= 11 is 1.48. The Hall–Kier alpha value is -0.980. The van der Waals surface area contributed by atoms with E-state index in [4.69, 9.17) is 5.73 Å². The fourth-order valence-electron chi connectivity index (χ4n) is 2.09. The summed E-state index contributed by atoms with van der Waals surface area (Å²) in [5, 5.41) is 0. The molecule has 0 spiro atoms. The van der Waals surface area contributed by atoms with E-state index in [9.17, 15) is 8.42 Å². The molecule has 1 unspecified atom stereocenters. The fraction of sp³-hybridized carbons (Fsp3) is 0.429. The molecule has 0 heterocycles. The summed E-state index contributed by atoms with van der Waals surface area (Å²) in [5.41, 5.74) is 6.52. The number of anilines is 1. The summed E-state index contributed by atoms with van der Waals surface area (Å²) in [6.07, 6.45) is 6.75. The molecule has 1 aromatic carbocycles. The predicted molar refractivity (Wildman–Crippen MR) is 85.3 cm³/mol. The van der Waals surface area contributed by atoms with Crippen molar-refractivity contribution in [2.75, 3.05) is 17.2 Å². The van der Waals surface area contributed by atoms with Crippen molar-refractivity contribution in [3.63, 3.8) is 0 Å². The Kier molecular flexibility index (Phi) is 5.51. The summed E-state index contributed by atoms with van der Waals surface area (Å²) < 4.78 is 26.8. The standard InChI is InChI=1S/C14H20N2O2S2/c15-13-8-4-5-9-14(13)19-10-11-20(17,18)16-12-6-2-1-3-7-12/h1-2,4-5,8-9,12,16H,3,6-7,10-11,15H2. The van der Waals surface area contributed by atoms with Crippen LogP contribution in [0, 0.1) is 0 Å². The molecule has 0 fully saturated rings. The van der Waals surface area contributed by atoms with Gasteiger partial charge in [0, 0.05) is 22.4 Å². The molecule has 0 amide bonds. The minimum atomic E-state index is -3.21. The third kappa shape index (κ3) is 4.85. The minimum absolute atomic E-state index is 0.0526. The lowest BCUT2D eigenvalue weighted by Crippen LogP contribution is -2.37. The predicted octanol–water partition coefficient (Wildman–Crippen LogP) is 2.39. The molecule has 0 radical (unpaired) electrons. The van der Waals surface area contributed by atoms with Crippen molar-refractivity contribution >= 4 is 27.5 Å². The number of hydrogen-bond acceptors (Lipinski definition) is 4. The van der Waals surface area contributed by atoms with Gasteiger partial charge in [0.05, 0.1) is 5.75 Å². The van der Waals surface area contributed by atoms with Gasteiger partial charge in [-0.15, -0.1) is 11.8 Å². The van der Waals surface area contributed by atoms with Crippen LogP contribution in [0.25, 0.3) is 0 Å². The average molecular weight is 312 g/mol. The van der Waals surface area contributed by atoms with Crippen LogP contribution in [0.5, 0.6) is 0 Å². The molecule has 6 heteroatoms. The number of sulfonamides is 1. The van der Waals surface area contributed by atoms with E-state index in [1.165, 1.54) is 11.8 Å². The van der Waals surface area contributed by atoms with Gasteiger partial charge in [0.15, 0.2) is 0 Å². The van der Waals surface area contributed by atoms with Crippen LogP contribution in [0.2, 0.25) is 0 Å². The van der Waals surface area contributed by atoms with Crippen LogP contribution in [0.3, 0.4) is 0 Å². The molecule has 2 rings (SSSR count). The van der Waals surface area contributed by atoms with E-state index in [1.807, 2.05) is 30.3 Å². The molecule has 1 aliphatic carbocycles. The van der Waals surface area contributed by atoms with Crippen molar-refractivity contribution in [3.8, 4) is 0 Å². The first-order valence-electron chi connectivity index (χ1n) is 6.69. The van der Waals surface area contributed by atoms with E-state index in [2.05, 4.69) is 10.8 Å². The van der Waals surface area contributed by atoms with Gasteiger partial charge < -0.3 is 5.73 Å². The second-order valence-corrected chi connectivity index (χ2v) is 7.81. The van der Waals surface area contributed by atoms with Gasteiger partial charge in [0.1, 0.15) is 0 Å². The van der Waals surface area contributed by atoms with Gasteiger partial charge in [-0.25, -0.2) is 13.1 Å². The number of para-hydroxylation sites is 1. The molecular formula is C14H20N2O2S2. The van der Waals surface area contributed by atoms with E-state index in [1.54, 1.807) is 0 Å². The largest absolute Gasteiger partial charge is 0.398 e. The second-order valence-electron chi connectivity index (χ2n) is 4.80. The van der Waals surface area contributed by atoms with Crippen LogP contribution in [0.15, 0.2) is 41.3 Å². The van der Waals surface area contributed by atoms with E-state index >= 15 is 0 Å². The highest BCUT2D eigenvalue weighted by Gasteiger charge is 2.18. The maximum Gasteiger partial charge on any atom is 0.212 e. The Bertz CT molecular complexity index is 570. The summed E-state index contributed by atoms with van der Waals surface area (Å²) in [6.45, 7) is 0. The number of hydrogen-bond donors (Lipinski definition) is 2. The normalized spacial score (nSPS) is 19.1. The maximum atomic E-state index is 12.0. The van der Waals surface area contributed by atoms with Crippen molar-refractivity contribution in [1.29, 1.82) is 0 Å². The van der Waals surface area contributed by atoms with Crippen molar-refractivity contribution in [2.45, 2.75) is 30.2 Å². The second kappa shape index (κ2) is 7.15. The first kappa shape index (κ1) is 15.4. The molecule has 3 N–H and O–H groups in total. The Balaban J connectivity index is 1.80. The number of nitrogens with two attached hydrogens (primary N) is 1. The molecule has 0 saturated carbocycles. The third-order valence-electron chi connectivity index (χ3n) is 3.14. The van der Waals surface area contributed by atoms with Crippen LogP contribution in [-0.2, 0) is 10.0 Å². The zero-order valence-electron chi connectivity index (χ0n) is 11.3. The molecule has 1 aliphatic rings. The summed E-state index contributed by atoms with van der Waals surface area (Å²) in [5.74, 6) is 0.623. The quantitative estimate of drug-likeness (QED) is 0.480. The van der Waals surface area contributed by atoms with Gasteiger partial charge in [-0.2, -0.15) is 0 Å². The van der Waals surface area contributed by atoms with Crippen molar-refractivity contribution in [1.82, 2.24) is 4.72 Å². The molecular weight excluding hydrogens is 292 g/mol. The summed E-state index contributed by atoms with van der Waals surface area (Å²) in [7, 11) is -3.21. The molecule has 0 bridgehead atoms. The van der Waals surface area contributed by atoms with Crippen LogP contribution in [0.4, 0.5) is 5.69 Å². The lowest BCUT2D eigenvalue weighted by atomic mass is 10.0. The number of thioether (sulfide) groups is 1. The van der Waals surface area contributed by atoms with Crippen LogP contribution in [0.1, 0.15) is 19.3 Å². The Morgan fingerprint density at radius 3 is 2.80 bits per heavy atom. The zero-order chi connectivity index (χ0) is 14.4. The molecule has 0 aliphatic heterocycles. The van der Waals surface area contributed by atoms with Gasteiger partial charge in [0.25, 0.3) is 0 Å². The molecule has 110 valence electrons. The Morgan fingerprint density at radius 2 is 2.10 bits per heavy atom. The first-order valence-corrected chi connectivity index (χ1v) is 9.33. The van der Waals surface area contributed by atoms with Gasteiger partial charge >= 0.3 is 0 Å². The monoisotopic (exact) mass is 312 g/mol. The first-order chi connectivity index (χ1) is 9.57. The number of allylic oxidation sites excluding steroid dienone is 1. The van der Waals surface area contributed by atoms with Crippen LogP contribution < -0.4 is 10.5 Å². The molecule has 4 nitrogen and oxygen atoms in total. The molecule has 1 aromatic rings. The maximum absolute atomic E-state index is 12.0. The van der Waals surface area contributed by atoms with Crippen LogP contribution in [-0.4, -0.2) is 26.0 Å². The van der Waals surface area contributed by atoms with Gasteiger partial charge in [-0.1, -0.05) is 24.3 Å².